The van der Waals surface area contributed by atoms with E-state index in [2.05, 4.69) is 0 Å². The summed E-state index contributed by atoms with van der Waals surface area (Å²) < 4.78 is 10.6. The summed E-state index contributed by atoms with van der Waals surface area (Å²) in [7, 11) is 4.80. The molecule has 0 aliphatic heterocycles. The van der Waals surface area contributed by atoms with Crippen LogP contribution < -0.4 is 9.47 Å². The minimum atomic E-state index is -0.615. The van der Waals surface area contributed by atoms with Crippen molar-refractivity contribution < 1.29 is 19.1 Å². The largest absolute Gasteiger partial charge is 0.493 e. The Morgan fingerprint density at radius 1 is 1.33 bits per heavy atom. The van der Waals surface area contributed by atoms with E-state index in [0.717, 1.165) is 6.29 Å². The predicted octanol–water partition coefficient (Wildman–Crippen LogP) is 1.36. The van der Waals surface area contributed by atoms with Crippen LogP contribution in [0.3, 0.4) is 0 Å². The van der Waals surface area contributed by atoms with Crippen LogP contribution in [0.1, 0.15) is 17.3 Å². The molecule has 0 radical (unpaired) electrons. The number of likely N-dealkylation sites (N-methyl/N-ethyl adjacent to an activating group) is 1. The molecule has 0 saturated carbocycles. The molecule has 1 atom stereocenters. The second kappa shape index (κ2) is 6.05. The van der Waals surface area contributed by atoms with Crippen molar-refractivity contribution in [2.75, 3.05) is 21.2 Å². The van der Waals surface area contributed by atoms with Crippen LogP contribution in [0.2, 0.25) is 0 Å². The molecule has 0 aliphatic rings. The van der Waals surface area contributed by atoms with Gasteiger partial charge in [-0.3, -0.25) is 9.59 Å². The van der Waals surface area contributed by atoms with Gasteiger partial charge in [0.15, 0.2) is 17.6 Å². The molecular weight excluding hydrogens is 234 g/mol. The van der Waals surface area contributed by atoms with E-state index >= 15 is 0 Å². The molecule has 0 N–H and O–H groups in total. The Morgan fingerprint density at radius 2 is 2.00 bits per heavy atom. The smallest absolute Gasteiger partial charge is 0.262 e. The molecule has 0 saturated heterocycles. The van der Waals surface area contributed by atoms with E-state index in [0.29, 0.717) is 17.1 Å². The Bertz CT molecular complexity index is 443. The molecule has 0 spiro atoms. The monoisotopic (exact) mass is 251 g/mol. The summed E-state index contributed by atoms with van der Waals surface area (Å²) in [5.74, 6) is 0.723. The van der Waals surface area contributed by atoms with Crippen molar-refractivity contribution in [2.45, 2.75) is 13.0 Å². The lowest BCUT2D eigenvalue weighted by Crippen LogP contribution is -2.35. The lowest BCUT2D eigenvalue weighted by Gasteiger charge is -2.19. The Hall–Kier alpha value is -2.04. The van der Waals surface area contributed by atoms with Crippen molar-refractivity contribution in [1.29, 1.82) is 0 Å². The second-order valence-corrected chi connectivity index (χ2v) is 4.02. The highest BCUT2D eigenvalue weighted by molar-refractivity contribution is 5.80. The molecule has 0 aromatic heterocycles. The van der Waals surface area contributed by atoms with E-state index in [4.69, 9.17) is 9.47 Å². The van der Waals surface area contributed by atoms with E-state index in [1.165, 1.54) is 12.0 Å². The number of hydrogen-bond acceptors (Lipinski definition) is 4. The van der Waals surface area contributed by atoms with Crippen molar-refractivity contribution in [3.63, 3.8) is 0 Å². The summed E-state index contributed by atoms with van der Waals surface area (Å²) in [6.45, 7) is 1.66. The first-order valence-corrected chi connectivity index (χ1v) is 5.50. The highest BCUT2D eigenvalue weighted by Gasteiger charge is 2.18. The third-order valence-corrected chi connectivity index (χ3v) is 2.42. The van der Waals surface area contributed by atoms with Gasteiger partial charge in [0, 0.05) is 19.7 Å². The molecule has 0 aliphatic carbocycles. The summed E-state index contributed by atoms with van der Waals surface area (Å²) >= 11 is 0. The summed E-state index contributed by atoms with van der Waals surface area (Å²) in [6, 6.07) is 4.79. The van der Waals surface area contributed by atoms with Gasteiger partial charge < -0.3 is 14.4 Å². The van der Waals surface area contributed by atoms with E-state index in [-0.39, 0.29) is 5.91 Å². The first-order valence-electron chi connectivity index (χ1n) is 5.50. The van der Waals surface area contributed by atoms with Gasteiger partial charge in [0.25, 0.3) is 5.91 Å². The fourth-order valence-electron chi connectivity index (χ4n) is 1.46. The van der Waals surface area contributed by atoms with E-state index in [1.54, 1.807) is 39.2 Å². The fraction of sp³-hybridized carbons (Fsp3) is 0.385. The van der Waals surface area contributed by atoms with Crippen molar-refractivity contribution in [2.24, 2.45) is 0 Å². The molecule has 1 unspecified atom stereocenters. The number of amides is 1. The molecule has 5 heteroatoms. The minimum Gasteiger partial charge on any atom is -0.493 e. The first kappa shape index (κ1) is 14.0. The molecule has 18 heavy (non-hydrogen) atoms. The Morgan fingerprint density at radius 3 is 2.50 bits per heavy atom. The topological polar surface area (TPSA) is 55.8 Å². The molecule has 0 heterocycles. The molecule has 0 fully saturated rings. The molecule has 1 aromatic rings. The number of benzene rings is 1. The number of carbonyl (C=O) groups is 2. The van der Waals surface area contributed by atoms with Gasteiger partial charge in [-0.25, -0.2) is 0 Å². The van der Waals surface area contributed by atoms with Crippen molar-refractivity contribution in [3.8, 4) is 11.5 Å². The molecule has 1 aromatic carbocycles. The fourth-order valence-corrected chi connectivity index (χ4v) is 1.46. The second-order valence-electron chi connectivity index (χ2n) is 4.02. The van der Waals surface area contributed by atoms with Gasteiger partial charge in [0.2, 0.25) is 0 Å². The van der Waals surface area contributed by atoms with Crippen LogP contribution in [0.4, 0.5) is 0 Å². The number of nitrogens with zero attached hydrogens (tertiary/aromatic N) is 1. The lowest BCUT2D eigenvalue weighted by atomic mass is 10.2. The maximum Gasteiger partial charge on any atom is 0.262 e. The third-order valence-electron chi connectivity index (χ3n) is 2.42. The van der Waals surface area contributed by atoms with Crippen molar-refractivity contribution >= 4 is 12.2 Å². The van der Waals surface area contributed by atoms with Crippen LogP contribution in [0.15, 0.2) is 18.2 Å². The molecule has 1 rings (SSSR count). The normalized spacial score (nSPS) is 11.6. The zero-order valence-corrected chi connectivity index (χ0v) is 11.0. The maximum atomic E-state index is 11.7. The number of methoxy groups -OCH3 is 1. The van der Waals surface area contributed by atoms with E-state index in [1.807, 2.05) is 0 Å². The maximum absolute atomic E-state index is 11.7. The van der Waals surface area contributed by atoms with Gasteiger partial charge in [-0.1, -0.05) is 0 Å². The molecule has 1 amide bonds. The highest BCUT2D eigenvalue weighted by atomic mass is 16.5. The predicted molar refractivity (Wildman–Crippen MR) is 67.2 cm³/mol. The van der Waals surface area contributed by atoms with Crippen LogP contribution in [0, 0.1) is 0 Å². The molecule has 5 nitrogen and oxygen atoms in total. The van der Waals surface area contributed by atoms with Gasteiger partial charge in [-0.2, -0.15) is 0 Å². The SMILES string of the molecule is COc1cc(C=O)ccc1OC(C)C(=O)N(C)C. The van der Waals surface area contributed by atoms with Gasteiger partial charge in [-0.15, -0.1) is 0 Å². The zero-order valence-electron chi connectivity index (χ0n) is 11.0. The van der Waals surface area contributed by atoms with Crippen molar-refractivity contribution in [3.05, 3.63) is 23.8 Å². The summed E-state index contributed by atoms with van der Waals surface area (Å²) in [6.07, 6.45) is 0.108. The van der Waals surface area contributed by atoms with Crippen LogP contribution in [0.25, 0.3) is 0 Å². The first-order chi connectivity index (χ1) is 8.49. The van der Waals surface area contributed by atoms with Gasteiger partial charge in [0.1, 0.15) is 6.29 Å². The Balaban J connectivity index is 2.90. The lowest BCUT2D eigenvalue weighted by molar-refractivity contribution is -0.135. The van der Waals surface area contributed by atoms with Crippen LogP contribution in [-0.4, -0.2) is 44.4 Å². The number of rotatable bonds is 5. The van der Waals surface area contributed by atoms with E-state index < -0.39 is 6.10 Å². The zero-order chi connectivity index (χ0) is 13.7. The van der Waals surface area contributed by atoms with Gasteiger partial charge in [0.05, 0.1) is 7.11 Å². The third kappa shape index (κ3) is 3.23. The molecule has 0 bridgehead atoms. The highest BCUT2D eigenvalue weighted by Crippen LogP contribution is 2.28. The Kier molecular flexibility index (Phi) is 4.71. The van der Waals surface area contributed by atoms with Crippen LogP contribution >= 0.6 is 0 Å². The van der Waals surface area contributed by atoms with Gasteiger partial charge >= 0.3 is 0 Å². The Labute approximate surface area is 106 Å². The standard InChI is InChI=1S/C13H17NO4/c1-9(13(16)14(2)3)18-11-6-5-10(8-15)7-12(11)17-4/h5-9H,1-4H3. The quantitative estimate of drug-likeness (QED) is 0.741. The number of carbonyl (C=O) groups excluding carboxylic acids is 2. The molecular formula is C13H17NO4. The van der Waals surface area contributed by atoms with Crippen LogP contribution in [0.5, 0.6) is 11.5 Å². The van der Waals surface area contributed by atoms with E-state index in [9.17, 15) is 9.59 Å². The molecule has 98 valence electrons. The summed E-state index contributed by atoms with van der Waals surface area (Å²) in [4.78, 5) is 23.8. The van der Waals surface area contributed by atoms with Gasteiger partial charge in [-0.05, 0) is 25.1 Å². The number of ether oxygens (including phenoxy) is 2. The summed E-state index contributed by atoms with van der Waals surface area (Å²) in [5, 5.41) is 0. The number of aldehydes is 1. The van der Waals surface area contributed by atoms with Crippen LogP contribution in [-0.2, 0) is 4.79 Å². The average molecular weight is 251 g/mol. The average Bonchev–Trinajstić information content (AvgIpc) is 2.37. The van der Waals surface area contributed by atoms with Crippen molar-refractivity contribution in [1.82, 2.24) is 4.90 Å². The minimum absolute atomic E-state index is 0.142. The summed E-state index contributed by atoms with van der Waals surface area (Å²) in [5.41, 5.74) is 0.491. The number of hydrogen-bond donors (Lipinski definition) is 0.